The molecular formula is C28H30N2O8. The van der Waals surface area contributed by atoms with Gasteiger partial charge in [-0.05, 0) is 47.5 Å². The molecule has 0 radical (unpaired) electrons. The number of nitrogens with one attached hydrogen (secondary N) is 1. The van der Waals surface area contributed by atoms with E-state index in [1.54, 1.807) is 49.6 Å². The number of rotatable bonds is 11. The molecule has 3 aromatic rings. The van der Waals surface area contributed by atoms with Crippen LogP contribution in [0.25, 0.3) is 5.57 Å². The number of methoxy groups -OCH3 is 5. The molecule has 0 spiro atoms. The highest BCUT2D eigenvalue weighted by Crippen LogP contribution is 2.39. The van der Waals surface area contributed by atoms with Crippen molar-refractivity contribution in [3.8, 4) is 28.7 Å². The highest BCUT2D eigenvalue weighted by Gasteiger charge is 2.21. The third kappa shape index (κ3) is 6.28. The van der Waals surface area contributed by atoms with E-state index in [1.807, 2.05) is 0 Å². The van der Waals surface area contributed by atoms with Gasteiger partial charge in [-0.1, -0.05) is 18.2 Å². The predicted molar refractivity (Wildman–Crippen MR) is 142 cm³/mol. The highest BCUT2D eigenvalue weighted by molar-refractivity contribution is 6.29. The molecule has 0 saturated carbocycles. The Morgan fingerprint density at radius 1 is 0.763 bits per heavy atom. The maximum Gasteiger partial charge on any atom is 0.412 e. The Morgan fingerprint density at radius 2 is 1.39 bits per heavy atom. The number of carbonyl (C=O) groups is 2. The van der Waals surface area contributed by atoms with Gasteiger partial charge in [-0.2, -0.15) is 0 Å². The second-order valence-corrected chi connectivity index (χ2v) is 7.79. The molecule has 10 heteroatoms. The molecule has 10 nitrogen and oxygen atoms in total. The summed E-state index contributed by atoms with van der Waals surface area (Å²) in [5, 5.41) is 2.66. The average Bonchev–Trinajstić information content (AvgIpc) is 2.95. The van der Waals surface area contributed by atoms with Crippen LogP contribution in [0.15, 0.2) is 60.8 Å². The lowest BCUT2D eigenvalue weighted by molar-refractivity contribution is 0.105. The van der Waals surface area contributed by atoms with E-state index in [-0.39, 0.29) is 17.7 Å². The number of ketones is 1. The number of amides is 1. The SMILES string of the molecule is COc1ccc(COC(=O)Nc2cc(C(=CN)C(=O)c3cc(OC)c(OC)c(OC)c3)ccc2OC)cc1. The van der Waals surface area contributed by atoms with E-state index in [0.29, 0.717) is 40.0 Å². The van der Waals surface area contributed by atoms with Gasteiger partial charge in [0.25, 0.3) is 0 Å². The highest BCUT2D eigenvalue weighted by atomic mass is 16.5. The Hall–Kier alpha value is -4.86. The van der Waals surface area contributed by atoms with Crippen LogP contribution in [0.5, 0.6) is 28.7 Å². The van der Waals surface area contributed by atoms with Crippen molar-refractivity contribution in [2.45, 2.75) is 6.61 Å². The molecule has 38 heavy (non-hydrogen) atoms. The summed E-state index contributed by atoms with van der Waals surface area (Å²) >= 11 is 0. The monoisotopic (exact) mass is 522 g/mol. The second kappa shape index (κ2) is 12.9. The Labute approximate surface area is 220 Å². The zero-order valence-corrected chi connectivity index (χ0v) is 21.8. The lowest BCUT2D eigenvalue weighted by Crippen LogP contribution is -2.15. The van der Waals surface area contributed by atoms with Crippen molar-refractivity contribution in [3.63, 3.8) is 0 Å². The molecule has 200 valence electrons. The van der Waals surface area contributed by atoms with E-state index in [4.69, 9.17) is 34.2 Å². The van der Waals surface area contributed by atoms with Crippen LogP contribution < -0.4 is 34.7 Å². The molecule has 0 unspecified atom stereocenters. The Kier molecular flexibility index (Phi) is 9.42. The van der Waals surface area contributed by atoms with Gasteiger partial charge in [0, 0.05) is 17.3 Å². The number of Topliss-reactive ketones (excluding diaryl/α,β-unsaturated/α-hetero) is 1. The number of hydrogen-bond acceptors (Lipinski definition) is 9. The van der Waals surface area contributed by atoms with Crippen LogP contribution in [0.3, 0.4) is 0 Å². The number of anilines is 1. The van der Waals surface area contributed by atoms with Gasteiger partial charge < -0.3 is 34.2 Å². The molecule has 0 fully saturated rings. The lowest BCUT2D eigenvalue weighted by atomic mass is 9.96. The first-order chi connectivity index (χ1) is 18.4. The Bertz CT molecular complexity index is 1290. The molecule has 0 aliphatic heterocycles. The maximum atomic E-state index is 13.5. The first kappa shape index (κ1) is 27.7. The summed E-state index contributed by atoms with van der Waals surface area (Å²) in [6.07, 6.45) is 0.490. The van der Waals surface area contributed by atoms with Crippen LogP contribution in [0.4, 0.5) is 10.5 Å². The first-order valence-corrected chi connectivity index (χ1v) is 11.4. The summed E-state index contributed by atoms with van der Waals surface area (Å²) in [5.41, 5.74) is 7.83. The van der Waals surface area contributed by atoms with Crippen LogP contribution in [0.1, 0.15) is 21.5 Å². The van der Waals surface area contributed by atoms with Crippen molar-refractivity contribution in [1.29, 1.82) is 0 Å². The number of hydrogen-bond donors (Lipinski definition) is 2. The smallest absolute Gasteiger partial charge is 0.412 e. The minimum absolute atomic E-state index is 0.0470. The quantitative estimate of drug-likeness (QED) is 0.273. The average molecular weight is 523 g/mol. The minimum Gasteiger partial charge on any atom is -0.497 e. The van der Waals surface area contributed by atoms with E-state index in [9.17, 15) is 9.59 Å². The van der Waals surface area contributed by atoms with Gasteiger partial charge in [0.2, 0.25) is 5.75 Å². The van der Waals surface area contributed by atoms with Gasteiger partial charge in [-0.25, -0.2) is 4.79 Å². The van der Waals surface area contributed by atoms with Crippen molar-refractivity contribution < 1.29 is 38.0 Å². The normalized spacial score (nSPS) is 10.8. The van der Waals surface area contributed by atoms with Crippen molar-refractivity contribution in [1.82, 2.24) is 0 Å². The third-order valence-corrected chi connectivity index (χ3v) is 5.61. The van der Waals surface area contributed by atoms with E-state index in [1.165, 1.54) is 46.8 Å². The van der Waals surface area contributed by atoms with Gasteiger partial charge in [0.15, 0.2) is 17.3 Å². The summed E-state index contributed by atoms with van der Waals surface area (Å²) in [4.78, 5) is 26.0. The molecule has 0 aliphatic carbocycles. The lowest BCUT2D eigenvalue weighted by Gasteiger charge is -2.16. The Morgan fingerprint density at radius 3 is 1.92 bits per heavy atom. The minimum atomic E-state index is -0.703. The maximum absolute atomic E-state index is 13.5. The van der Waals surface area contributed by atoms with E-state index >= 15 is 0 Å². The van der Waals surface area contributed by atoms with Crippen molar-refractivity contribution >= 4 is 23.1 Å². The first-order valence-electron chi connectivity index (χ1n) is 11.4. The van der Waals surface area contributed by atoms with Crippen LogP contribution in [0.2, 0.25) is 0 Å². The van der Waals surface area contributed by atoms with Gasteiger partial charge in [-0.3, -0.25) is 10.1 Å². The van der Waals surface area contributed by atoms with Crippen molar-refractivity contribution in [3.05, 3.63) is 77.5 Å². The van der Waals surface area contributed by atoms with E-state index < -0.39 is 11.9 Å². The number of benzene rings is 3. The van der Waals surface area contributed by atoms with Crippen LogP contribution in [-0.2, 0) is 11.3 Å². The molecule has 3 N–H and O–H groups in total. The summed E-state index contributed by atoms with van der Waals surface area (Å²) < 4.78 is 31.9. The molecule has 0 atom stereocenters. The third-order valence-electron chi connectivity index (χ3n) is 5.61. The molecule has 0 saturated heterocycles. The number of nitrogens with two attached hydrogens (primary N) is 1. The molecular weight excluding hydrogens is 492 g/mol. The Balaban J connectivity index is 1.84. The van der Waals surface area contributed by atoms with Gasteiger partial charge in [-0.15, -0.1) is 0 Å². The van der Waals surface area contributed by atoms with Crippen molar-refractivity contribution in [2.75, 3.05) is 40.9 Å². The summed E-state index contributed by atoms with van der Waals surface area (Å²) in [6.45, 7) is 0.0470. The zero-order chi connectivity index (χ0) is 27.7. The molecule has 0 aliphatic rings. The summed E-state index contributed by atoms with van der Waals surface area (Å²) in [5.74, 6) is 1.67. The molecule has 3 aromatic carbocycles. The van der Waals surface area contributed by atoms with E-state index in [2.05, 4.69) is 5.32 Å². The molecule has 0 heterocycles. The fourth-order valence-electron chi connectivity index (χ4n) is 3.66. The number of ether oxygens (including phenoxy) is 6. The van der Waals surface area contributed by atoms with E-state index in [0.717, 1.165) is 5.56 Å². The number of carbonyl (C=O) groups excluding carboxylic acids is 2. The van der Waals surface area contributed by atoms with Crippen LogP contribution >= 0.6 is 0 Å². The largest absolute Gasteiger partial charge is 0.497 e. The molecule has 0 aromatic heterocycles. The molecule has 1 amide bonds. The number of allylic oxidation sites excluding steroid dienone is 1. The fourth-order valence-corrected chi connectivity index (χ4v) is 3.66. The van der Waals surface area contributed by atoms with Gasteiger partial charge in [0.1, 0.15) is 18.1 Å². The zero-order valence-electron chi connectivity index (χ0n) is 21.8. The topological polar surface area (TPSA) is 128 Å². The van der Waals surface area contributed by atoms with Gasteiger partial charge in [0.05, 0.1) is 41.2 Å². The van der Waals surface area contributed by atoms with Crippen LogP contribution in [-0.4, -0.2) is 47.4 Å². The van der Waals surface area contributed by atoms with Crippen LogP contribution in [0, 0.1) is 0 Å². The van der Waals surface area contributed by atoms with Crippen molar-refractivity contribution in [2.24, 2.45) is 5.73 Å². The molecule has 3 rings (SSSR count). The van der Waals surface area contributed by atoms with Gasteiger partial charge >= 0.3 is 6.09 Å². The second-order valence-electron chi connectivity index (χ2n) is 7.79. The standard InChI is InChI=1S/C28H30N2O8/c1-33-20-9-6-17(7-10-20)16-38-28(32)30-22-12-18(8-11-23(22)34-2)21(15-29)26(31)19-13-24(35-3)27(37-5)25(14-19)36-4/h6-15H,16,29H2,1-5H3,(H,30,32). The summed E-state index contributed by atoms with van der Waals surface area (Å²) in [6, 6.07) is 15.0. The molecule has 0 bridgehead atoms. The predicted octanol–water partition coefficient (Wildman–Crippen LogP) is 4.66. The summed E-state index contributed by atoms with van der Waals surface area (Å²) in [7, 11) is 7.43. The fraction of sp³-hybridized carbons (Fsp3) is 0.214.